The summed E-state index contributed by atoms with van der Waals surface area (Å²) in [5.41, 5.74) is 7.04. The first-order valence-electron chi connectivity index (χ1n) is 6.54. The normalized spacial score (nSPS) is 10.6. The fourth-order valence-corrected chi connectivity index (χ4v) is 2.46. The van der Waals surface area contributed by atoms with Crippen molar-refractivity contribution in [3.63, 3.8) is 0 Å². The Morgan fingerprint density at radius 3 is 2.16 bits per heavy atom. The van der Waals surface area contributed by atoms with Gasteiger partial charge in [-0.3, -0.25) is 0 Å². The SMILES string of the molecule is Cc1cc(C)c(CNc2cc(F)ccc2C)c(C)c1. The highest BCUT2D eigenvalue weighted by molar-refractivity contribution is 5.52. The predicted molar refractivity (Wildman–Crippen MR) is 79.1 cm³/mol. The largest absolute Gasteiger partial charge is 0.381 e. The molecule has 0 amide bonds. The molecule has 1 N–H and O–H groups in total. The van der Waals surface area contributed by atoms with Gasteiger partial charge in [0.2, 0.25) is 0 Å². The van der Waals surface area contributed by atoms with Gasteiger partial charge in [0, 0.05) is 12.2 Å². The van der Waals surface area contributed by atoms with Crippen LogP contribution in [0.25, 0.3) is 0 Å². The summed E-state index contributed by atoms with van der Waals surface area (Å²) in [7, 11) is 0. The third-order valence-electron chi connectivity index (χ3n) is 3.50. The van der Waals surface area contributed by atoms with E-state index in [1.165, 1.54) is 28.3 Å². The summed E-state index contributed by atoms with van der Waals surface area (Å²) in [5.74, 6) is -0.203. The van der Waals surface area contributed by atoms with Crippen molar-refractivity contribution in [2.75, 3.05) is 5.32 Å². The zero-order chi connectivity index (χ0) is 14.0. The number of aryl methyl sites for hydroxylation is 4. The highest BCUT2D eigenvalue weighted by Crippen LogP contribution is 2.20. The Morgan fingerprint density at radius 1 is 0.895 bits per heavy atom. The van der Waals surface area contributed by atoms with E-state index in [4.69, 9.17) is 0 Å². The predicted octanol–water partition coefficient (Wildman–Crippen LogP) is 4.67. The van der Waals surface area contributed by atoms with Gasteiger partial charge >= 0.3 is 0 Å². The molecule has 0 atom stereocenters. The molecule has 0 aliphatic carbocycles. The first-order chi connectivity index (χ1) is 8.97. The molecule has 0 aliphatic heterocycles. The van der Waals surface area contributed by atoms with Gasteiger partial charge in [-0.05, 0) is 62.1 Å². The standard InChI is InChI=1S/C17H20FN/c1-11-7-13(3)16(14(4)8-11)10-19-17-9-15(18)6-5-12(17)2/h5-9,19H,10H2,1-4H3. The summed E-state index contributed by atoms with van der Waals surface area (Å²) in [4.78, 5) is 0. The fraction of sp³-hybridized carbons (Fsp3) is 0.294. The summed E-state index contributed by atoms with van der Waals surface area (Å²) < 4.78 is 13.2. The van der Waals surface area contributed by atoms with Crippen molar-refractivity contribution in [3.8, 4) is 0 Å². The van der Waals surface area contributed by atoms with Gasteiger partial charge in [-0.2, -0.15) is 0 Å². The Morgan fingerprint density at radius 2 is 1.53 bits per heavy atom. The van der Waals surface area contributed by atoms with Crippen LogP contribution in [-0.4, -0.2) is 0 Å². The van der Waals surface area contributed by atoms with Crippen molar-refractivity contribution >= 4 is 5.69 Å². The van der Waals surface area contributed by atoms with Crippen molar-refractivity contribution in [2.24, 2.45) is 0 Å². The van der Waals surface area contributed by atoms with Crippen molar-refractivity contribution < 1.29 is 4.39 Å². The number of halogens is 1. The van der Waals surface area contributed by atoms with Crippen LogP contribution in [0.4, 0.5) is 10.1 Å². The van der Waals surface area contributed by atoms with Crippen molar-refractivity contribution in [1.82, 2.24) is 0 Å². The minimum atomic E-state index is -0.203. The molecule has 1 nitrogen and oxygen atoms in total. The quantitative estimate of drug-likeness (QED) is 0.842. The van der Waals surface area contributed by atoms with Crippen LogP contribution in [-0.2, 0) is 6.54 Å². The Balaban J connectivity index is 2.21. The third kappa shape index (κ3) is 3.14. The molecular weight excluding hydrogens is 237 g/mol. The van der Waals surface area contributed by atoms with E-state index in [9.17, 15) is 4.39 Å². The Hall–Kier alpha value is -1.83. The number of hydrogen-bond acceptors (Lipinski definition) is 1. The lowest BCUT2D eigenvalue weighted by Crippen LogP contribution is -2.05. The average Bonchev–Trinajstić information content (AvgIpc) is 2.32. The molecule has 0 aromatic heterocycles. The number of nitrogens with one attached hydrogen (secondary N) is 1. The van der Waals surface area contributed by atoms with E-state index >= 15 is 0 Å². The smallest absolute Gasteiger partial charge is 0.125 e. The molecule has 0 saturated carbocycles. The summed E-state index contributed by atoms with van der Waals surface area (Å²) >= 11 is 0. The van der Waals surface area contributed by atoms with Crippen LogP contribution in [0.1, 0.15) is 27.8 Å². The summed E-state index contributed by atoms with van der Waals surface area (Å²) in [6.07, 6.45) is 0. The molecule has 2 rings (SSSR count). The summed E-state index contributed by atoms with van der Waals surface area (Å²) in [5, 5.41) is 3.33. The number of hydrogen-bond donors (Lipinski definition) is 1. The summed E-state index contributed by atoms with van der Waals surface area (Å²) in [6, 6.07) is 9.20. The monoisotopic (exact) mass is 257 g/mol. The van der Waals surface area contributed by atoms with Crippen molar-refractivity contribution in [2.45, 2.75) is 34.2 Å². The van der Waals surface area contributed by atoms with Crippen LogP contribution in [0.15, 0.2) is 30.3 Å². The fourth-order valence-electron chi connectivity index (χ4n) is 2.46. The van der Waals surface area contributed by atoms with Gasteiger partial charge in [0.05, 0.1) is 0 Å². The highest BCUT2D eigenvalue weighted by Gasteiger charge is 2.05. The van der Waals surface area contributed by atoms with E-state index < -0.39 is 0 Å². The maximum atomic E-state index is 13.2. The second kappa shape index (κ2) is 5.43. The van der Waals surface area contributed by atoms with Crippen LogP contribution in [0.2, 0.25) is 0 Å². The van der Waals surface area contributed by atoms with Crippen LogP contribution < -0.4 is 5.32 Å². The Bertz CT molecular complexity index is 579. The van der Waals surface area contributed by atoms with Crippen molar-refractivity contribution in [1.29, 1.82) is 0 Å². The molecule has 2 heteroatoms. The second-order valence-electron chi connectivity index (χ2n) is 5.19. The first-order valence-corrected chi connectivity index (χ1v) is 6.54. The maximum Gasteiger partial charge on any atom is 0.125 e. The molecule has 0 bridgehead atoms. The van der Waals surface area contributed by atoms with E-state index in [1.807, 2.05) is 6.92 Å². The van der Waals surface area contributed by atoms with Crippen molar-refractivity contribution in [3.05, 3.63) is 64.0 Å². The maximum absolute atomic E-state index is 13.2. The molecule has 0 fully saturated rings. The Labute approximate surface area is 114 Å². The molecule has 0 unspecified atom stereocenters. The lowest BCUT2D eigenvalue weighted by Gasteiger charge is -2.14. The van der Waals surface area contributed by atoms with Gasteiger partial charge in [0.15, 0.2) is 0 Å². The van der Waals surface area contributed by atoms with Crippen LogP contribution in [0, 0.1) is 33.5 Å². The molecule has 2 aromatic rings. The van der Waals surface area contributed by atoms with E-state index in [0.29, 0.717) is 0 Å². The minimum absolute atomic E-state index is 0.203. The molecule has 0 saturated heterocycles. The van der Waals surface area contributed by atoms with Gasteiger partial charge in [0.1, 0.15) is 5.82 Å². The third-order valence-corrected chi connectivity index (χ3v) is 3.50. The average molecular weight is 257 g/mol. The van der Waals surface area contributed by atoms with E-state index in [-0.39, 0.29) is 5.82 Å². The lowest BCUT2D eigenvalue weighted by molar-refractivity contribution is 0.628. The van der Waals surface area contributed by atoms with Gasteiger partial charge in [-0.25, -0.2) is 4.39 Å². The molecule has 2 aromatic carbocycles. The van der Waals surface area contributed by atoms with Gasteiger partial charge in [-0.15, -0.1) is 0 Å². The molecule has 0 heterocycles. The van der Waals surface area contributed by atoms with E-state index in [0.717, 1.165) is 17.8 Å². The van der Waals surface area contributed by atoms with E-state index in [1.54, 1.807) is 12.1 Å². The number of anilines is 1. The van der Waals surface area contributed by atoms with Gasteiger partial charge in [0.25, 0.3) is 0 Å². The first kappa shape index (κ1) is 13.6. The molecule has 0 aliphatic rings. The van der Waals surface area contributed by atoms with Crippen LogP contribution in [0.3, 0.4) is 0 Å². The minimum Gasteiger partial charge on any atom is -0.381 e. The summed E-state index contributed by atoms with van der Waals surface area (Å²) in [6.45, 7) is 9.05. The van der Waals surface area contributed by atoms with Crippen LogP contribution in [0.5, 0.6) is 0 Å². The molecule has 0 radical (unpaired) electrons. The zero-order valence-corrected chi connectivity index (χ0v) is 12.0. The number of benzene rings is 2. The number of rotatable bonds is 3. The van der Waals surface area contributed by atoms with Crippen LogP contribution >= 0.6 is 0 Å². The highest BCUT2D eigenvalue weighted by atomic mass is 19.1. The zero-order valence-electron chi connectivity index (χ0n) is 12.0. The Kier molecular flexibility index (Phi) is 3.89. The molecule has 100 valence electrons. The van der Waals surface area contributed by atoms with Gasteiger partial charge in [-0.1, -0.05) is 23.8 Å². The van der Waals surface area contributed by atoms with Gasteiger partial charge < -0.3 is 5.32 Å². The molecule has 0 spiro atoms. The molecule has 19 heavy (non-hydrogen) atoms. The van der Waals surface area contributed by atoms with E-state index in [2.05, 4.69) is 38.2 Å². The lowest BCUT2D eigenvalue weighted by atomic mass is 9.99. The second-order valence-corrected chi connectivity index (χ2v) is 5.19. The molecular formula is C17H20FN. The topological polar surface area (TPSA) is 12.0 Å².